The maximum absolute atomic E-state index is 9.91. The zero-order valence-corrected chi connectivity index (χ0v) is 11.2. The van der Waals surface area contributed by atoms with Crippen LogP contribution in [-0.4, -0.2) is 61.7 Å². The summed E-state index contributed by atoms with van der Waals surface area (Å²) in [7, 11) is 0. The molecule has 1 N–H and O–H groups in total. The van der Waals surface area contributed by atoms with E-state index >= 15 is 0 Å². The molecule has 0 aromatic carbocycles. The molecular formula is C13H27NO3. The SMILES string of the molecule is CCCCOCC(O)CN1CCOCC1CC. The van der Waals surface area contributed by atoms with Crippen molar-refractivity contribution in [1.82, 2.24) is 4.90 Å². The maximum Gasteiger partial charge on any atom is 0.0900 e. The summed E-state index contributed by atoms with van der Waals surface area (Å²) in [5, 5.41) is 9.91. The molecule has 0 spiro atoms. The zero-order chi connectivity index (χ0) is 12.5. The molecule has 102 valence electrons. The van der Waals surface area contributed by atoms with Crippen LogP contribution in [0.25, 0.3) is 0 Å². The molecule has 2 unspecified atom stereocenters. The Morgan fingerprint density at radius 2 is 2.29 bits per heavy atom. The first kappa shape index (κ1) is 14.9. The maximum atomic E-state index is 9.91. The predicted molar refractivity (Wildman–Crippen MR) is 68.2 cm³/mol. The van der Waals surface area contributed by atoms with Crippen molar-refractivity contribution in [2.45, 2.75) is 45.3 Å². The molecule has 4 nitrogen and oxygen atoms in total. The molecule has 0 radical (unpaired) electrons. The summed E-state index contributed by atoms with van der Waals surface area (Å²) in [6.45, 7) is 8.70. The first-order valence-electron chi connectivity index (χ1n) is 6.85. The van der Waals surface area contributed by atoms with Crippen molar-refractivity contribution in [3.05, 3.63) is 0 Å². The van der Waals surface area contributed by atoms with Crippen LogP contribution >= 0.6 is 0 Å². The van der Waals surface area contributed by atoms with Crippen LogP contribution in [0.3, 0.4) is 0 Å². The van der Waals surface area contributed by atoms with Crippen LogP contribution in [0.1, 0.15) is 33.1 Å². The Morgan fingerprint density at radius 3 is 3.00 bits per heavy atom. The van der Waals surface area contributed by atoms with Crippen molar-refractivity contribution in [3.63, 3.8) is 0 Å². The highest BCUT2D eigenvalue weighted by atomic mass is 16.5. The van der Waals surface area contributed by atoms with Gasteiger partial charge in [-0.25, -0.2) is 0 Å². The molecule has 0 aromatic heterocycles. The number of morpholine rings is 1. The minimum atomic E-state index is -0.376. The van der Waals surface area contributed by atoms with Crippen LogP contribution in [0.15, 0.2) is 0 Å². The van der Waals surface area contributed by atoms with Gasteiger partial charge in [-0.1, -0.05) is 20.3 Å². The molecule has 1 fully saturated rings. The lowest BCUT2D eigenvalue weighted by molar-refractivity contribution is -0.0435. The number of aliphatic hydroxyl groups is 1. The Morgan fingerprint density at radius 1 is 1.47 bits per heavy atom. The van der Waals surface area contributed by atoms with E-state index in [1.165, 1.54) is 0 Å². The molecule has 17 heavy (non-hydrogen) atoms. The molecule has 0 aliphatic carbocycles. The third kappa shape index (κ3) is 5.82. The van der Waals surface area contributed by atoms with Gasteiger partial charge < -0.3 is 14.6 Å². The molecule has 0 bridgehead atoms. The first-order chi connectivity index (χ1) is 8.27. The van der Waals surface area contributed by atoms with Crippen LogP contribution in [0.4, 0.5) is 0 Å². The number of unbranched alkanes of at least 4 members (excludes halogenated alkanes) is 1. The average molecular weight is 245 g/mol. The number of hydrogen-bond donors (Lipinski definition) is 1. The fourth-order valence-corrected chi connectivity index (χ4v) is 2.09. The van der Waals surface area contributed by atoms with Gasteiger partial charge >= 0.3 is 0 Å². The summed E-state index contributed by atoms with van der Waals surface area (Å²) in [6, 6.07) is 0.453. The molecule has 1 rings (SSSR count). The van der Waals surface area contributed by atoms with Crippen LogP contribution in [0.2, 0.25) is 0 Å². The first-order valence-corrected chi connectivity index (χ1v) is 6.85. The van der Waals surface area contributed by atoms with E-state index in [-0.39, 0.29) is 6.10 Å². The Bertz CT molecular complexity index is 190. The van der Waals surface area contributed by atoms with Crippen molar-refractivity contribution < 1.29 is 14.6 Å². The molecule has 1 aliphatic rings. The normalized spacial score (nSPS) is 23.8. The fourth-order valence-electron chi connectivity index (χ4n) is 2.09. The molecule has 1 saturated heterocycles. The lowest BCUT2D eigenvalue weighted by atomic mass is 10.1. The molecule has 1 aliphatic heterocycles. The van der Waals surface area contributed by atoms with E-state index in [4.69, 9.17) is 9.47 Å². The quantitative estimate of drug-likeness (QED) is 0.654. The lowest BCUT2D eigenvalue weighted by Gasteiger charge is -2.36. The van der Waals surface area contributed by atoms with Gasteiger partial charge in [0.2, 0.25) is 0 Å². The van der Waals surface area contributed by atoms with Gasteiger partial charge in [0.1, 0.15) is 0 Å². The van der Waals surface area contributed by atoms with Crippen molar-refractivity contribution in [3.8, 4) is 0 Å². The topological polar surface area (TPSA) is 41.9 Å². The Kier molecular flexibility index (Phi) is 7.77. The number of β-amino-alcohol motifs (C(OH)–C–C–N with tert-alkyl or cyclic N) is 1. The third-order valence-electron chi connectivity index (χ3n) is 3.22. The summed E-state index contributed by atoms with van der Waals surface area (Å²) in [6.07, 6.45) is 2.90. The number of ether oxygens (including phenoxy) is 2. The van der Waals surface area contributed by atoms with Gasteiger partial charge in [0.15, 0.2) is 0 Å². The fraction of sp³-hybridized carbons (Fsp3) is 1.00. The van der Waals surface area contributed by atoms with E-state index < -0.39 is 0 Å². The number of hydrogen-bond acceptors (Lipinski definition) is 4. The monoisotopic (exact) mass is 245 g/mol. The van der Waals surface area contributed by atoms with E-state index in [2.05, 4.69) is 18.7 Å². The van der Waals surface area contributed by atoms with E-state index in [1.54, 1.807) is 0 Å². The van der Waals surface area contributed by atoms with Crippen LogP contribution in [-0.2, 0) is 9.47 Å². The Labute approximate surface area is 105 Å². The second kappa shape index (κ2) is 8.86. The van der Waals surface area contributed by atoms with Crippen LogP contribution in [0.5, 0.6) is 0 Å². The predicted octanol–water partition coefficient (Wildman–Crippen LogP) is 1.27. The highest BCUT2D eigenvalue weighted by Crippen LogP contribution is 2.10. The van der Waals surface area contributed by atoms with Crippen molar-refractivity contribution in [2.24, 2.45) is 0 Å². The number of aliphatic hydroxyl groups excluding tert-OH is 1. The second-order valence-corrected chi connectivity index (χ2v) is 4.71. The summed E-state index contributed by atoms with van der Waals surface area (Å²) in [5.41, 5.74) is 0. The number of rotatable bonds is 8. The van der Waals surface area contributed by atoms with Crippen LogP contribution in [0, 0.1) is 0 Å². The molecule has 4 heteroatoms. The molecular weight excluding hydrogens is 218 g/mol. The molecule has 0 aromatic rings. The van der Waals surface area contributed by atoms with Gasteiger partial charge in [-0.2, -0.15) is 0 Å². The van der Waals surface area contributed by atoms with Gasteiger partial charge in [0.05, 0.1) is 25.9 Å². The van der Waals surface area contributed by atoms with Gasteiger partial charge in [-0.3, -0.25) is 4.90 Å². The smallest absolute Gasteiger partial charge is 0.0900 e. The van der Waals surface area contributed by atoms with Gasteiger partial charge in [0.25, 0.3) is 0 Å². The van der Waals surface area contributed by atoms with Crippen molar-refractivity contribution >= 4 is 0 Å². The Balaban J connectivity index is 2.16. The molecule has 2 atom stereocenters. The minimum absolute atomic E-state index is 0.376. The summed E-state index contributed by atoms with van der Waals surface area (Å²) < 4.78 is 10.9. The van der Waals surface area contributed by atoms with Crippen molar-refractivity contribution in [1.29, 1.82) is 0 Å². The number of nitrogens with zero attached hydrogens (tertiary/aromatic N) is 1. The van der Waals surface area contributed by atoms with Crippen LogP contribution < -0.4 is 0 Å². The standard InChI is InChI=1S/C13H27NO3/c1-3-5-7-16-11-13(15)9-14-6-8-17-10-12(14)4-2/h12-13,15H,3-11H2,1-2H3. The van der Waals surface area contributed by atoms with Gasteiger partial charge in [0, 0.05) is 25.7 Å². The highest BCUT2D eigenvalue weighted by Gasteiger charge is 2.23. The largest absolute Gasteiger partial charge is 0.389 e. The lowest BCUT2D eigenvalue weighted by Crippen LogP contribution is -2.48. The molecule has 1 heterocycles. The summed E-state index contributed by atoms with van der Waals surface area (Å²) in [5.74, 6) is 0. The molecule has 0 saturated carbocycles. The average Bonchev–Trinajstić information content (AvgIpc) is 2.35. The Hall–Kier alpha value is -0.160. The highest BCUT2D eigenvalue weighted by molar-refractivity contribution is 4.76. The minimum Gasteiger partial charge on any atom is -0.389 e. The zero-order valence-electron chi connectivity index (χ0n) is 11.2. The van der Waals surface area contributed by atoms with E-state index in [1.807, 2.05) is 0 Å². The van der Waals surface area contributed by atoms with Crippen molar-refractivity contribution in [2.75, 3.05) is 39.5 Å². The van der Waals surface area contributed by atoms with E-state index in [0.29, 0.717) is 19.2 Å². The van der Waals surface area contributed by atoms with Gasteiger partial charge in [-0.15, -0.1) is 0 Å². The molecule has 0 amide bonds. The van der Waals surface area contributed by atoms with E-state index in [0.717, 1.165) is 45.6 Å². The van der Waals surface area contributed by atoms with Gasteiger partial charge in [-0.05, 0) is 12.8 Å². The second-order valence-electron chi connectivity index (χ2n) is 4.71. The summed E-state index contributed by atoms with van der Waals surface area (Å²) >= 11 is 0. The van der Waals surface area contributed by atoms with E-state index in [9.17, 15) is 5.11 Å². The third-order valence-corrected chi connectivity index (χ3v) is 3.22. The summed E-state index contributed by atoms with van der Waals surface area (Å²) in [4.78, 5) is 2.32.